The van der Waals surface area contributed by atoms with Gasteiger partial charge in [-0.3, -0.25) is 0 Å². The fraction of sp³-hybridized carbons (Fsp3) is 0.364. The molecule has 0 saturated heterocycles. The molecule has 0 aliphatic rings. The van der Waals surface area contributed by atoms with Gasteiger partial charge in [-0.1, -0.05) is 0 Å². The second-order valence-corrected chi connectivity index (χ2v) is 4.80. The molecule has 0 radical (unpaired) electrons. The smallest absolute Gasteiger partial charge is 0.349 e. The van der Waals surface area contributed by atoms with Crippen LogP contribution in [-0.2, 0) is 9.53 Å². The number of halogens is 1. The van der Waals surface area contributed by atoms with Crippen LogP contribution in [0.25, 0.3) is 0 Å². The zero-order valence-corrected chi connectivity index (χ0v) is 11.1. The Morgan fingerprint density at radius 1 is 1.27 bits per heavy atom. The van der Waals surface area contributed by atoms with Gasteiger partial charge in [-0.25, -0.2) is 4.79 Å². The number of carbonyl (C=O) groups is 1. The maximum absolute atomic E-state index is 11.4. The quantitative estimate of drug-likeness (QED) is 0.634. The van der Waals surface area contributed by atoms with Gasteiger partial charge in [0.05, 0.1) is 7.11 Å². The molecule has 0 spiro atoms. The van der Waals surface area contributed by atoms with Crippen molar-refractivity contribution in [3.05, 3.63) is 27.8 Å². The van der Waals surface area contributed by atoms with Gasteiger partial charge in [0.1, 0.15) is 5.75 Å². The van der Waals surface area contributed by atoms with E-state index >= 15 is 0 Å². The number of ether oxygens (including phenoxy) is 2. The number of carbonyl (C=O) groups excluding carboxylic acids is 1. The summed E-state index contributed by atoms with van der Waals surface area (Å²) in [6, 6.07) is 7.49. The highest BCUT2D eigenvalue weighted by Gasteiger charge is 2.30. The summed E-state index contributed by atoms with van der Waals surface area (Å²) in [4.78, 5) is 11.4. The van der Waals surface area contributed by atoms with Gasteiger partial charge < -0.3 is 9.47 Å². The van der Waals surface area contributed by atoms with E-state index in [1.807, 2.05) is 24.3 Å². The Balaban J connectivity index is 2.77. The molecule has 0 N–H and O–H groups in total. The van der Waals surface area contributed by atoms with Crippen LogP contribution in [0.5, 0.6) is 5.75 Å². The molecule has 15 heavy (non-hydrogen) atoms. The first-order valence-corrected chi connectivity index (χ1v) is 5.56. The highest BCUT2D eigenvalue weighted by molar-refractivity contribution is 14.1. The van der Waals surface area contributed by atoms with E-state index in [0.29, 0.717) is 5.75 Å². The van der Waals surface area contributed by atoms with E-state index in [1.54, 1.807) is 13.8 Å². The molecule has 3 nitrogen and oxygen atoms in total. The van der Waals surface area contributed by atoms with Gasteiger partial charge in [-0.2, -0.15) is 0 Å². The average Bonchev–Trinajstić information content (AvgIpc) is 2.20. The predicted molar refractivity (Wildman–Crippen MR) is 65.9 cm³/mol. The van der Waals surface area contributed by atoms with E-state index in [4.69, 9.17) is 4.74 Å². The highest BCUT2D eigenvalue weighted by Crippen LogP contribution is 2.20. The molecular weight excluding hydrogens is 307 g/mol. The van der Waals surface area contributed by atoms with Crippen molar-refractivity contribution in [3.8, 4) is 5.75 Å². The van der Waals surface area contributed by atoms with Crippen LogP contribution in [0, 0.1) is 3.57 Å². The third-order valence-corrected chi connectivity index (χ3v) is 2.58. The Kier molecular flexibility index (Phi) is 3.96. The lowest BCUT2D eigenvalue weighted by molar-refractivity contribution is -0.156. The first-order valence-electron chi connectivity index (χ1n) is 4.49. The fourth-order valence-electron chi connectivity index (χ4n) is 1.08. The van der Waals surface area contributed by atoms with Crippen LogP contribution in [0.2, 0.25) is 0 Å². The SMILES string of the molecule is COC(=O)C(C)(C)Oc1ccc(I)cc1. The maximum Gasteiger partial charge on any atom is 0.349 e. The van der Waals surface area contributed by atoms with Crippen molar-refractivity contribution < 1.29 is 14.3 Å². The summed E-state index contributed by atoms with van der Waals surface area (Å²) in [6.45, 7) is 3.35. The molecule has 0 saturated carbocycles. The summed E-state index contributed by atoms with van der Waals surface area (Å²) in [5, 5.41) is 0. The van der Waals surface area contributed by atoms with Crippen LogP contribution < -0.4 is 4.74 Å². The van der Waals surface area contributed by atoms with Gasteiger partial charge >= 0.3 is 5.97 Å². The van der Waals surface area contributed by atoms with Crippen molar-refractivity contribution in [3.63, 3.8) is 0 Å². The summed E-state index contributed by atoms with van der Waals surface area (Å²) in [6.07, 6.45) is 0. The predicted octanol–water partition coefficient (Wildman–Crippen LogP) is 2.62. The van der Waals surface area contributed by atoms with Crippen molar-refractivity contribution in [1.29, 1.82) is 0 Å². The van der Waals surface area contributed by atoms with E-state index < -0.39 is 5.60 Å². The Morgan fingerprint density at radius 3 is 2.27 bits per heavy atom. The molecular formula is C11H13IO3. The van der Waals surface area contributed by atoms with Crippen LogP contribution >= 0.6 is 22.6 Å². The molecule has 1 aromatic rings. The monoisotopic (exact) mass is 320 g/mol. The minimum Gasteiger partial charge on any atom is -0.476 e. The van der Waals surface area contributed by atoms with Crippen molar-refractivity contribution in [2.24, 2.45) is 0 Å². The van der Waals surface area contributed by atoms with Crippen molar-refractivity contribution in [2.45, 2.75) is 19.4 Å². The molecule has 0 fully saturated rings. The molecule has 0 heterocycles. The molecule has 0 unspecified atom stereocenters. The van der Waals surface area contributed by atoms with Crippen LogP contribution in [-0.4, -0.2) is 18.7 Å². The lowest BCUT2D eigenvalue weighted by Gasteiger charge is -2.23. The van der Waals surface area contributed by atoms with Crippen LogP contribution in [0.3, 0.4) is 0 Å². The zero-order chi connectivity index (χ0) is 11.5. The first-order chi connectivity index (χ1) is 6.95. The zero-order valence-electron chi connectivity index (χ0n) is 8.91. The number of methoxy groups -OCH3 is 1. The Labute approximate surface area is 103 Å². The Morgan fingerprint density at radius 2 is 1.80 bits per heavy atom. The van der Waals surface area contributed by atoms with E-state index in [1.165, 1.54) is 7.11 Å². The third kappa shape index (κ3) is 3.37. The number of hydrogen-bond donors (Lipinski definition) is 0. The summed E-state index contributed by atoms with van der Waals surface area (Å²) in [5.41, 5.74) is -0.957. The molecule has 0 amide bonds. The third-order valence-electron chi connectivity index (χ3n) is 1.86. The second-order valence-electron chi connectivity index (χ2n) is 3.56. The largest absolute Gasteiger partial charge is 0.476 e. The Hall–Kier alpha value is -0.780. The van der Waals surface area contributed by atoms with E-state index in [0.717, 1.165) is 3.57 Å². The average molecular weight is 320 g/mol. The first kappa shape index (κ1) is 12.3. The van der Waals surface area contributed by atoms with E-state index in [-0.39, 0.29) is 5.97 Å². The molecule has 0 aliphatic heterocycles. The molecule has 0 aromatic heterocycles. The molecule has 82 valence electrons. The minimum absolute atomic E-state index is 0.388. The standard InChI is InChI=1S/C11H13IO3/c1-11(2,10(13)14-3)15-9-6-4-8(12)5-7-9/h4-7H,1-3H3. The fourth-order valence-corrected chi connectivity index (χ4v) is 1.44. The van der Waals surface area contributed by atoms with Gasteiger partial charge in [0.25, 0.3) is 0 Å². The van der Waals surface area contributed by atoms with E-state index in [2.05, 4.69) is 27.3 Å². The van der Waals surface area contributed by atoms with E-state index in [9.17, 15) is 4.79 Å². The summed E-state index contributed by atoms with van der Waals surface area (Å²) < 4.78 is 11.3. The number of esters is 1. The van der Waals surface area contributed by atoms with Crippen LogP contribution in [0.15, 0.2) is 24.3 Å². The molecule has 0 aliphatic carbocycles. The number of benzene rings is 1. The van der Waals surface area contributed by atoms with Crippen molar-refractivity contribution in [1.82, 2.24) is 0 Å². The molecule has 1 aromatic carbocycles. The summed E-state index contributed by atoms with van der Waals surface area (Å²) in [5.74, 6) is 0.270. The number of hydrogen-bond acceptors (Lipinski definition) is 3. The molecule has 1 rings (SSSR count). The van der Waals surface area contributed by atoms with Crippen molar-refractivity contribution >= 4 is 28.6 Å². The molecule has 0 atom stereocenters. The lowest BCUT2D eigenvalue weighted by atomic mass is 10.1. The minimum atomic E-state index is -0.957. The molecule has 4 heteroatoms. The van der Waals surface area contributed by atoms with Crippen LogP contribution in [0.1, 0.15) is 13.8 Å². The van der Waals surface area contributed by atoms with Gasteiger partial charge in [0, 0.05) is 3.57 Å². The summed E-state index contributed by atoms with van der Waals surface area (Å²) >= 11 is 2.21. The summed E-state index contributed by atoms with van der Waals surface area (Å²) in [7, 11) is 1.35. The topological polar surface area (TPSA) is 35.5 Å². The number of rotatable bonds is 3. The lowest BCUT2D eigenvalue weighted by Crippen LogP contribution is -2.39. The van der Waals surface area contributed by atoms with Gasteiger partial charge in [0.2, 0.25) is 0 Å². The van der Waals surface area contributed by atoms with Gasteiger partial charge in [-0.05, 0) is 60.7 Å². The maximum atomic E-state index is 11.4. The molecule has 0 bridgehead atoms. The van der Waals surface area contributed by atoms with Crippen LogP contribution in [0.4, 0.5) is 0 Å². The van der Waals surface area contributed by atoms with Gasteiger partial charge in [0.15, 0.2) is 5.60 Å². The van der Waals surface area contributed by atoms with Crippen molar-refractivity contribution in [2.75, 3.05) is 7.11 Å². The Bertz CT molecular complexity index is 343. The highest BCUT2D eigenvalue weighted by atomic mass is 127. The normalized spacial score (nSPS) is 10.9. The van der Waals surface area contributed by atoms with Gasteiger partial charge in [-0.15, -0.1) is 0 Å². The second kappa shape index (κ2) is 4.83.